The van der Waals surface area contributed by atoms with Crippen molar-refractivity contribution in [2.45, 2.75) is 25.9 Å². The third-order valence-electron chi connectivity index (χ3n) is 4.54. The molecule has 0 fully saturated rings. The second kappa shape index (κ2) is 10.00. The molecule has 1 nitrogen and oxygen atoms in total. The van der Waals surface area contributed by atoms with Crippen LogP contribution in [0.15, 0.2) is 65.6 Å². The molecule has 0 heterocycles. The van der Waals surface area contributed by atoms with Crippen LogP contribution in [0.2, 0.25) is 0 Å². The van der Waals surface area contributed by atoms with E-state index in [9.17, 15) is 13.2 Å². The molecule has 0 aliphatic heterocycles. The summed E-state index contributed by atoms with van der Waals surface area (Å²) >= 11 is 4.34. The van der Waals surface area contributed by atoms with E-state index in [2.05, 4.69) is 42.7 Å². The van der Waals surface area contributed by atoms with E-state index in [1.807, 2.05) is 30.7 Å². The second-order valence-corrected chi connectivity index (χ2v) is 7.20. The molecular weight excluding hydrogens is 367 g/mol. The first kappa shape index (κ1) is 21.6. The summed E-state index contributed by atoms with van der Waals surface area (Å²) in [7, 11) is 2.01. The first-order chi connectivity index (χ1) is 12.8. The van der Waals surface area contributed by atoms with Crippen LogP contribution in [0.4, 0.5) is 13.2 Å². The van der Waals surface area contributed by atoms with Crippen molar-refractivity contribution in [1.82, 2.24) is 4.90 Å². The maximum absolute atomic E-state index is 12.8. The van der Waals surface area contributed by atoms with Crippen molar-refractivity contribution in [2.24, 2.45) is 5.92 Å². The number of likely N-dealkylation sites (N-methyl/N-ethyl adjacent to an activating group) is 1. The lowest BCUT2D eigenvalue weighted by atomic mass is 10.0. The van der Waals surface area contributed by atoms with Gasteiger partial charge in [-0.15, -0.1) is 0 Å². The van der Waals surface area contributed by atoms with Crippen LogP contribution in [0.1, 0.15) is 24.0 Å². The lowest BCUT2D eigenvalue weighted by Crippen LogP contribution is -2.21. The molecule has 0 N–H and O–H groups in total. The quantitative estimate of drug-likeness (QED) is 0.563. The Labute approximate surface area is 165 Å². The molecule has 0 spiro atoms. The Balaban J connectivity index is 1.91. The molecule has 1 aromatic rings. The zero-order valence-corrected chi connectivity index (χ0v) is 16.6. The van der Waals surface area contributed by atoms with Gasteiger partial charge in [0.1, 0.15) is 0 Å². The van der Waals surface area contributed by atoms with E-state index in [4.69, 9.17) is 0 Å². The molecule has 1 aromatic carbocycles. The van der Waals surface area contributed by atoms with Crippen LogP contribution >= 0.6 is 12.6 Å². The van der Waals surface area contributed by atoms with E-state index in [1.54, 1.807) is 18.2 Å². The Hall–Kier alpha value is -1.72. The molecule has 0 saturated heterocycles. The fourth-order valence-electron chi connectivity index (χ4n) is 2.98. The van der Waals surface area contributed by atoms with Gasteiger partial charge in [0.05, 0.1) is 5.92 Å². The van der Waals surface area contributed by atoms with Gasteiger partial charge in [0, 0.05) is 13.1 Å². The molecule has 1 aliphatic carbocycles. The van der Waals surface area contributed by atoms with Crippen molar-refractivity contribution < 1.29 is 13.2 Å². The lowest BCUT2D eigenvalue weighted by Gasteiger charge is -2.17. The highest BCUT2D eigenvalue weighted by Crippen LogP contribution is 2.34. The van der Waals surface area contributed by atoms with Crippen LogP contribution in [0, 0.1) is 12.8 Å². The summed E-state index contributed by atoms with van der Waals surface area (Å²) in [6.45, 7) is 3.50. The Bertz CT molecular complexity index is 744. The van der Waals surface area contributed by atoms with Crippen molar-refractivity contribution >= 4 is 18.2 Å². The maximum atomic E-state index is 12.8. The van der Waals surface area contributed by atoms with Crippen molar-refractivity contribution in [1.29, 1.82) is 0 Å². The van der Waals surface area contributed by atoms with Crippen LogP contribution < -0.4 is 0 Å². The molecule has 0 radical (unpaired) electrons. The summed E-state index contributed by atoms with van der Waals surface area (Å²) in [6.07, 6.45) is 4.88. The Morgan fingerprint density at radius 2 is 2.07 bits per heavy atom. The first-order valence-electron chi connectivity index (χ1n) is 8.98. The van der Waals surface area contributed by atoms with E-state index < -0.39 is 12.1 Å². The predicted molar refractivity (Wildman–Crippen MR) is 111 cm³/mol. The van der Waals surface area contributed by atoms with Gasteiger partial charge in [0.25, 0.3) is 0 Å². The van der Waals surface area contributed by atoms with Gasteiger partial charge >= 0.3 is 6.18 Å². The lowest BCUT2D eigenvalue weighted by molar-refractivity contribution is -0.172. The van der Waals surface area contributed by atoms with Gasteiger partial charge in [0.15, 0.2) is 0 Å². The van der Waals surface area contributed by atoms with E-state index >= 15 is 0 Å². The predicted octanol–water partition coefficient (Wildman–Crippen LogP) is 6.21. The largest absolute Gasteiger partial charge is 0.392 e. The molecule has 0 amide bonds. The number of allylic oxidation sites excluding steroid dienone is 5. The summed E-state index contributed by atoms with van der Waals surface area (Å²) in [6, 6.07) is 8.28. The third kappa shape index (κ3) is 7.07. The SMILES string of the molecule is Cc1cccc(/C(=C\S)CN(C)C/C=C/C2=CCC(C(F)(F)F)CC=C2)c1. The van der Waals surface area contributed by atoms with Crippen molar-refractivity contribution in [2.75, 3.05) is 20.1 Å². The highest BCUT2D eigenvalue weighted by Gasteiger charge is 2.38. The highest BCUT2D eigenvalue weighted by atomic mass is 32.1. The number of hydrogen-bond donors (Lipinski definition) is 1. The van der Waals surface area contributed by atoms with Gasteiger partial charge in [-0.1, -0.05) is 60.2 Å². The van der Waals surface area contributed by atoms with Crippen LogP contribution in [0.25, 0.3) is 5.57 Å². The van der Waals surface area contributed by atoms with E-state index in [1.165, 1.54) is 5.56 Å². The van der Waals surface area contributed by atoms with Crippen molar-refractivity contribution in [3.63, 3.8) is 0 Å². The van der Waals surface area contributed by atoms with Crippen molar-refractivity contribution in [3.05, 3.63) is 76.8 Å². The summed E-state index contributed by atoms with van der Waals surface area (Å²) in [4.78, 5) is 2.14. The average Bonchev–Trinajstić information content (AvgIpc) is 2.85. The number of halogens is 3. The fraction of sp³-hybridized carbons (Fsp3) is 0.364. The van der Waals surface area contributed by atoms with E-state index in [0.29, 0.717) is 6.54 Å². The van der Waals surface area contributed by atoms with Gasteiger partial charge in [-0.05, 0) is 48.9 Å². The molecule has 0 bridgehead atoms. The zero-order valence-electron chi connectivity index (χ0n) is 15.7. The van der Waals surface area contributed by atoms with Gasteiger partial charge in [-0.3, -0.25) is 4.90 Å². The number of aryl methyl sites for hydroxylation is 1. The number of thiol groups is 1. The Morgan fingerprint density at radius 3 is 2.74 bits per heavy atom. The minimum atomic E-state index is -4.13. The minimum Gasteiger partial charge on any atom is -0.298 e. The second-order valence-electron chi connectivity index (χ2n) is 6.94. The van der Waals surface area contributed by atoms with Gasteiger partial charge in [-0.2, -0.15) is 25.8 Å². The zero-order chi connectivity index (χ0) is 19.9. The Kier molecular flexibility index (Phi) is 7.99. The molecule has 0 saturated carbocycles. The number of rotatable bonds is 6. The van der Waals surface area contributed by atoms with Crippen LogP contribution in [-0.2, 0) is 0 Å². The number of nitrogens with zero attached hydrogens (tertiary/aromatic N) is 1. The standard InChI is InChI=1S/C22H26F3NS/c1-17-6-3-9-19(14-17)20(16-27)15-26(2)13-5-8-18-7-4-10-21(12-11-18)22(23,24)25/h3-9,11,14,16,21,27H,10,12-13,15H2,1-2H3/b8-5+,20-16-. The number of benzene rings is 1. The average molecular weight is 394 g/mol. The topological polar surface area (TPSA) is 3.24 Å². The summed E-state index contributed by atoms with van der Waals surface area (Å²) in [5, 5.41) is 1.82. The molecule has 146 valence electrons. The van der Waals surface area contributed by atoms with Crippen molar-refractivity contribution in [3.8, 4) is 0 Å². The molecule has 5 heteroatoms. The first-order valence-corrected chi connectivity index (χ1v) is 9.50. The molecule has 1 atom stereocenters. The molecule has 1 unspecified atom stereocenters. The van der Waals surface area contributed by atoms with Gasteiger partial charge in [0.2, 0.25) is 0 Å². The number of hydrogen-bond acceptors (Lipinski definition) is 2. The maximum Gasteiger partial charge on any atom is 0.392 e. The molecule has 2 rings (SSSR count). The monoisotopic (exact) mass is 393 g/mol. The normalized spacial score (nSPS) is 18.9. The van der Waals surface area contributed by atoms with Crippen LogP contribution in [0.5, 0.6) is 0 Å². The summed E-state index contributed by atoms with van der Waals surface area (Å²) in [5.74, 6) is -1.28. The molecule has 0 aromatic heterocycles. The summed E-state index contributed by atoms with van der Waals surface area (Å²) < 4.78 is 38.5. The third-order valence-corrected chi connectivity index (χ3v) is 4.86. The highest BCUT2D eigenvalue weighted by molar-refractivity contribution is 7.83. The van der Waals surface area contributed by atoms with E-state index in [-0.39, 0.29) is 12.8 Å². The molecular formula is C22H26F3NS. The number of alkyl halides is 3. The van der Waals surface area contributed by atoms with Gasteiger partial charge in [-0.25, -0.2) is 0 Å². The van der Waals surface area contributed by atoms with Crippen LogP contribution in [-0.4, -0.2) is 31.2 Å². The smallest absolute Gasteiger partial charge is 0.298 e. The van der Waals surface area contributed by atoms with Crippen LogP contribution in [0.3, 0.4) is 0 Å². The van der Waals surface area contributed by atoms with E-state index in [0.717, 1.165) is 23.3 Å². The minimum absolute atomic E-state index is 0.0336. The van der Waals surface area contributed by atoms with Gasteiger partial charge < -0.3 is 0 Å². The molecule has 27 heavy (non-hydrogen) atoms. The summed E-state index contributed by atoms with van der Waals surface area (Å²) in [5.41, 5.74) is 4.30. The Morgan fingerprint density at radius 1 is 1.30 bits per heavy atom. The fourth-order valence-corrected chi connectivity index (χ4v) is 3.21. The molecule has 1 aliphatic rings.